The molecule has 9 nitrogen and oxygen atoms in total. The number of hydrogen-bond acceptors (Lipinski definition) is 6. The number of carbonyl (C=O) groups is 3. The molecular formula is C24H38N4O5. The quantitative estimate of drug-likeness (QED) is 0.490. The van der Waals surface area contributed by atoms with E-state index in [1.807, 2.05) is 13.8 Å². The van der Waals surface area contributed by atoms with Crippen molar-refractivity contribution in [3.63, 3.8) is 0 Å². The highest BCUT2D eigenvalue weighted by molar-refractivity contribution is 5.86. The minimum Gasteiger partial charge on any atom is -0.445 e. The van der Waals surface area contributed by atoms with Gasteiger partial charge in [0.2, 0.25) is 11.8 Å². The highest BCUT2D eigenvalue weighted by atomic mass is 16.5. The molecule has 1 aliphatic heterocycles. The number of aliphatic hydroxyl groups excluding tert-OH is 1. The van der Waals surface area contributed by atoms with Crippen molar-refractivity contribution < 1.29 is 24.2 Å². The van der Waals surface area contributed by atoms with Gasteiger partial charge >= 0.3 is 6.09 Å². The first-order chi connectivity index (χ1) is 15.7. The van der Waals surface area contributed by atoms with Crippen LogP contribution < -0.4 is 10.6 Å². The first kappa shape index (κ1) is 26.6. The number of ether oxygens (including phenoxy) is 1. The number of nitrogens with one attached hydrogen (secondary N) is 2. The Kier molecular flexibility index (Phi) is 10.6. The zero-order chi connectivity index (χ0) is 24.4. The number of alkyl carbamates (subject to hydrolysis) is 1. The molecule has 3 atom stereocenters. The van der Waals surface area contributed by atoms with E-state index in [-0.39, 0.29) is 30.9 Å². The van der Waals surface area contributed by atoms with Crippen LogP contribution in [0.15, 0.2) is 24.5 Å². The van der Waals surface area contributed by atoms with Crippen molar-refractivity contribution in [2.24, 2.45) is 11.8 Å². The van der Waals surface area contributed by atoms with E-state index in [1.165, 1.54) is 0 Å². The first-order valence-corrected chi connectivity index (χ1v) is 11.7. The molecule has 0 saturated carbocycles. The van der Waals surface area contributed by atoms with Gasteiger partial charge in [0.15, 0.2) is 0 Å². The summed E-state index contributed by atoms with van der Waals surface area (Å²) >= 11 is 0. The molecule has 9 heteroatoms. The van der Waals surface area contributed by atoms with Crippen molar-refractivity contribution in [1.82, 2.24) is 20.5 Å². The van der Waals surface area contributed by atoms with Gasteiger partial charge in [-0.1, -0.05) is 27.7 Å². The molecular weight excluding hydrogens is 424 g/mol. The smallest absolute Gasteiger partial charge is 0.408 e. The molecule has 2 unspecified atom stereocenters. The molecule has 1 fully saturated rings. The number of likely N-dealkylation sites (tertiary alicyclic amines) is 1. The summed E-state index contributed by atoms with van der Waals surface area (Å²) in [4.78, 5) is 43.1. The second-order valence-electron chi connectivity index (χ2n) is 9.50. The van der Waals surface area contributed by atoms with Crippen molar-refractivity contribution in [3.05, 3.63) is 30.1 Å². The average Bonchev–Trinajstić information content (AvgIpc) is 2.77. The maximum atomic E-state index is 12.9. The van der Waals surface area contributed by atoms with E-state index < -0.39 is 24.3 Å². The van der Waals surface area contributed by atoms with Gasteiger partial charge in [0.05, 0.1) is 12.1 Å². The van der Waals surface area contributed by atoms with E-state index in [2.05, 4.69) is 29.5 Å². The van der Waals surface area contributed by atoms with Crippen LogP contribution in [-0.2, 0) is 20.9 Å². The second kappa shape index (κ2) is 13.1. The lowest BCUT2D eigenvalue weighted by Gasteiger charge is -2.37. The molecule has 0 bridgehead atoms. The SMILES string of the molecule is CC(C)CCC(=O)N1CCC(NC(=O)[C@H](CC(C)C)NC(=O)OCc2ccncc2)C(O)C1. The van der Waals surface area contributed by atoms with Gasteiger partial charge in [0.25, 0.3) is 0 Å². The summed E-state index contributed by atoms with van der Waals surface area (Å²) in [6.45, 7) is 8.81. The van der Waals surface area contributed by atoms with Crippen LogP contribution in [0.5, 0.6) is 0 Å². The third kappa shape index (κ3) is 9.37. The minimum absolute atomic E-state index is 0.0313. The van der Waals surface area contributed by atoms with Crippen LogP contribution in [-0.4, -0.2) is 64.2 Å². The summed E-state index contributed by atoms with van der Waals surface area (Å²) in [6, 6.07) is 2.23. The summed E-state index contributed by atoms with van der Waals surface area (Å²) < 4.78 is 5.23. The summed E-state index contributed by atoms with van der Waals surface area (Å²) in [7, 11) is 0. The van der Waals surface area contributed by atoms with Gasteiger partial charge in [-0.25, -0.2) is 4.79 Å². The number of rotatable bonds is 10. The van der Waals surface area contributed by atoms with Crippen molar-refractivity contribution in [3.8, 4) is 0 Å². The molecule has 184 valence electrons. The Morgan fingerprint density at radius 2 is 1.88 bits per heavy atom. The van der Waals surface area contributed by atoms with E-state index in [4.69, 9.17) is 4.74 Å². The third-order valence-electron chi connectivity index (χ3n) is 5.63. The van der Waals surface area contributed by atoms with Gasteiger partial charge in [-0.05, 0) is 48.8 Å². The maximum absolute atomic E-state index is 12.9. The van der Waals surface area contributed by atoms with Crippen molar-refractivity contribution in [2.45, 2.75) is 78.2 Å². The molecule has 3 amide bonds. The van der Waals surface area contributed by atoms with Gasteiger partial charge in [-0.2, -0.15) is 0 Å². The number of piperidine rings is 1. The highest BCUT2D eigenvalue weighted by Crippen LogP contribution is 2.15. The fraction of sp³-hybridized carbons (Fsp3) is 0.667. The molecule has 0 radical (unpaired) electrons. The highest BCUT2D eigenvalue weighted by Gasteiger charge is 2.33. The number of carbonyl (C=O) groups excluding carboxylic acids is 3. The number of aliphatic hydroxyl groups is 1. The van der Waals surface area contributed by atoms with E-state index in [1.54, 1.807) is 29.4 Å². The van der Waals surface area contributed by atoms with Crippen LogP contribution in [0.1, 0.15) is 58.9 Å². The molecule has 0 spiro atoms. The van der Waals surface area contributed by atoms with Crippen LogP contribution in [0.2, 0.25) is 0 Å². The maximum Gasteiger partial charge on any atom is 0.408 e. The number of β-amino-alcohol motifs (C(OH)–C–C–N with tert-alkyl or cyclic N) is 1. The lowest BCUT2D eigenvalue weighted by molar-refractivity contribution is -0.135. The number of pyridine rings is 1. The van der Waals surface area contributed by atoms with Gasteiger partial charge in [-0.15, -0.1) is 0 Å². The Hall–Kier alpha value is -2.68. The standard InChI is InChI=1S/C24H38N4O5/c1-16(2)5-6-22(30)28-12-9-19(21(29)14-28)26-23(31)20(13-17(3)4)27-24(32)33-15-18-7-10-25-11-8-18/h7-8,10-11,16-17,19-21,29H,5-6,9,12-15H2,1-4H3,(H,26,31)(H,27,32)/t19?,20-,21?/m0/s1. The normalized spacial score (nSPS) is 19.3. The fourth-order valence-corrected chi connectivity index (χ4v) is 3.69. The molecule has 33 heavy (non-hydrogen) atoms. The molecule has 2 heterocycles. The molecule has 3 N–H and O–H groups in total. The topological polar surface area (TPSA) is 121 Å². The lowest BCUT2D eigenvalue weighted by Crippen LogP contribution is -2.58. The molecule has 1 aromatic rings. The number of amides is 3. The van der Waals surface area contributed by atoms with Gasteiger partial charge in [-0.3, -0.25) is 14.6 Å². The van der Waals surface area contributed by atoms with Crippen LogP contribution in [0, 0.1) is 11.8 Å². The minimum atomic E-state index is -0.857. The number of aromatic nitrogens is 1. The zero-order valence-electron chi connectivity index (χ0n) is 20.1. The van der Waals surface area contributed by atoms with Crippen molar-refractivity contribution in [2.75, 3.05) is 13.1 Å². The largest absolute Gasteiger partial charge is 0.445 e. The summed E-state index contributed by atoms with van der Waals surface area (Å²) in [5, 5.41) is 16.0. The Labute approximate surface area is 196 Å². The molecule has 1 aromatic heterocycles. The second-order valence-corrected chi connectivity index (χ2v) is 9.50. The van der Waals surface area contributed by atoms with E-state index in [0.29, 0.717) is 31.7 Å². The van der Waals surface area contributed by atoms with Crippen LogP contribution in [0.3, 0.4) is 0 Å². The summed E-state index contributed by atoms with van der Waals surface area (Å²) in [6.07, 6.45) is 3.84. The Morgan fingerprint density at radius 1 is 1.18 bits per heavy atom. The van der Waals surface area contributed by atoms with E-state index >= 15 is 0 Å². The third-order valence-corrected chi connectivity index (χ3v) is 5.63. The Morgan fingerprint density at radius 3 is 2.48 bits per heavy atom. The van der Waals surface area contributed by atoms with E-state index in [9.17, 15) is 19.5 Å². The predicted molar refractivity (Wildman–Crippen MR) is 124 cm³/mol. The zero-order valence-corrected chi connectivity index (χ0v) is 20.1. The summed E-state index contributed by atoms with van der Waals surface area (Å²) in [5.41, 5.74) is 0.794. The van der Waals surface area contributed by atoms with Gasteiger partial charge in [0, 0.05) is 31.9 Å². The summed E-state index contributed by atoms with van der Waals surface area (Å²) in [5.74, 6) is 0.265. The molecule has 1 saturated heterocycles. The van der Waals surface area contributed by atoms with E-state index in [0.717, 1.165) is 12.0 Å². The van der Waals surface area contributed by atoms with Crippen LogP contribution >= 0.6 is 0 Å². The Balaban J connectivity index is 1.87. The molecule has 2 rings (SSSR count). The van der Waals surface area contributed by atoms with Crippen molar-refractivity contribution in [1.29, 1.82) is 0 Å². The van der Waals surface area contributed by atoms with Gasteiger partial charge in [0.1, 0.15) is 12.6 Å². The number of nitrogens with zero attached hydrogens (tertiary/aromatic N) is 2. The molecule has 1 aliphatic rings. The van der Waals surface area contributed by atoms with Crippen molar-refractivity contribution >= 4 is 17.9 Å². The Bertz CT molecular complexity index is 771. The predicted octanol–water partition coefficient (Wildman–Crippen LogP) is 2.24. The average molecular weight is 463 g/mol. The molecule has 0 aromatic carbocycles. The molecule has 0 aliphatic carbocycles. The fourth-order valence-electron chi connectivity index (χ4n) is 3.69. The monoisotopic (exact) mass is 462 g/mol. The van der Waals surface area contributed by atoms with Crippen LogP contribution in [0.25, 0.3) is 0 Å². The van der Waals surface area contributed by atoms with Crippen LogP contribution in [0.4, 0.5) is 4.79 Å². The van der Waals surface area contributed by atoms with Gasteiger partial charge < -0.3 is 25.4 Å². The lowest BCUT2D eigenvalue weighted by atomic mass is 9.98. The number of hydrogen-bond donors (Lipinski definition) is 3. The first-order valence-electron chi connectivity index (χ1n) is 11.7.